The zero-order valence-corrected chi connectivity index (χ0v) is 22.4. The summed E-state index contributed by atoms with van der Waals surface area (Å²) in [6.45, 7) is 10.6. The maximum atomic E-state index is 13.6. The zero-order valence-electron chi connectivity index (χ0n) is 20.8. The van der Waals surface area contributed by atoms with E-state index in [-0.39, 0.29) is 12.5 Å². The average Bonchev–Trinajstić information content (AvgIpc) is 2.70. The molecule has 0 aromatic heterocycles. The Morgan fingerprint density at radius 2 is 1.68 bits per heavy atom. The van der Waals surface area contributed by atoms with Crippen molar-refractivity contribution < 1.29 is 18.0 Å². The van der Waals surface area contributed by atoms with Crippen LogP contribution in [0.2, 0.25) is 5.02 Å². The van der Waals surface area contributed by atoms with Crippen LogP contribution >= 0.6 is 11.6 Å². The molecule has 0 radical (unpaired) electrons. The van der Waals surface area contributed by atoms with Gasteiger partial charge in [-0.05, 0) is 70.4 Å². The number of rotatable bonds is 8. The first-order valence-corrected chi connectivity index (χ1v) is 13.2. The lowest BCUT2D eigenvalue weighted by molar-refractivity contribution is -0.140. The van der Waals surface area contributed by atoms with Gasteiger partial charge in [0.05, 0.1) is 11.9 Å². The number of nitrogens with zero attached hydrogens (tertiary/aromatic N) is 2. The van der Waals surface area contributed by atoms with Gasteiger partial charge in [0.2, 0.25) is 21.8 Å². The number of carbonyl (C=O) groups is 2. The van der Waals surface area contributed by atoms with E-state index in [0.717, 1.165) is 21.7 Å². The number of amides is 2. The summed E-state index contributed by atoms with van der Waals surface area (Å²) in [7, 11) is -3.81. The number of benzene rings is 2. The number of nitrogens with one attached hydrogen (secondary N) is 1. The molecule has 2 aromatic carbocycles. The van der Waals surface area contributed by atoms with Crippen molar-refractivity contribution in [2.45, 2.75) is 59.7 Å². The predicted molar refractivity (Wildman–Crippen MR) is 137 cm³/mol. The Hall–Kier alpha value is -2.58. The number of hydrogen-bond acceptors (Lipinski definition) is 4. The minimum atomic E-state index is -3.81. The van der Waals surface area contributed by atoms with Crippen LogP contribution in [0.25, 0.3) is 0 Å². The Bertz CT molecular complexity index is 1160. The summed E-state index contributed by atoms with van der Waals surface area (Å²) < 4.78 is 26.4. The van der Waals surface area contributed by atoms with Gasteiger partial charge in [-0.3, -0.25) is 13.9 Å². The van der Waals surface area contributed by atoms with Crippen LogP contribution in [0, 0.1) is 13.8 Å². The van der Waals surface area contributed by atoms with Crippen LogP contribution in [0.15, 0.2) is 42.5 Å². The van der Waals surface area contributed by atoms with Crippen LogP contribution in [-0.4, -0.2) is 49.5 Å². The summed E-state index contributed by atoms with van der Waals surface area (Å²) in [4.78, 5) is 28.0. The van der Waals surface area contributed by atoms with E-state index in [9.17, 15) is 18.0 Å². The lowest BCUT2D eigenvalue weighted by Gasteiger charge is -2.33. The molecule has 2 amide bonds. The van der Waals surface area contributed by atoms with Crippen LogP contribution < -0.4 is 9.62 Å². The lowest BCUT2D eigenvalue weighted by Crippen LogP contribution is -2.54. The molecule has 1 N–H and O–H groups in total. The minimum Gasteiger partial charge on any atom is -0.350 e. The Labute approximate surface area is 208 Å². The highest BCUT2D eigenvalue weighted by atomic mass is 35.5. The molecule has 0 aliphatic carbocycles. The standard InChI is InChI=1S/C25H34ClN3O4S/c1-17-10-8-9-11-20(17)15-28(19(3)24(31)27-25(4,5)6)23(30)16-29(34(7,32)33)22-14-21(26)13-12-18(22)2/h8-14,19H,15-16H2,1-7H3,(H,27,31)/t19-/m1/s1. The molecular formula is C25H34ClN3O4S. The first-order valence-electron chi connectivity index (χ1n) is 11.0. The molecule has 1 atom stereocenters. The predicted octanol–water partition coefficient (Wildman–Crippen LogP) is 4.05. The lowest BCUT2D eigenvalue weighted by atomic mass is 10.1. The second kappa shape index (κ2) is 10.8. The van der Waals surface area contributed by atoms with Crippen LogP contribution in [0.4, 0.5) is 5.69 Å². The Morgan fingerprint density at radius 1 is 1.06 bits per heavy atom. The van der Waals surface area contributed by atoms with Gasteiger partial charge in [0.15, 0.2) is 0 Å². The van der Waals surface area contributed by atoms with Gasteiger partial charge in [-0.2, -0.15) is 0 Å². The van der Waals surface area contributed by atoms with Crippen molar-refractivity contribution in [1.29, 1.82) is 0 Å². The van der Waals surface area contributed by atoms with Gasteiger partial charge < -0.3 is 10.2 Å². The highest BCUT2D eigenvalue weighted by molar-refractivity contribution is 7.92. The number of carbonyl (C=O) groups excluding carboxylic acids is 2. The third kappa shape index (κ3) is 7.46. The van der Waals surface area contributed by atoms with Crippen molar-refractivity contribution in [1.82, 2.24) is 10.2 Å². The van der Waals surface area contributed by atoms with E-state index in [0.29, 0.717) is 16.3 Å². The molecule has 0 saturated heterocycles. The molecule has 186 valence electrons. The molecule has 0 fully saturated rings. The van der Waals surface area contributed by atoms with Crippen LogP contribution in [-0.2, 0) is 26.2 Å². The summed E-state index contributed by atoms with van der Waals surface area (Å²) in [5, 5.41) is 3.26. The van der Waals surface area contributed by atoms with E-state index in [4.69, 9.17) is 11.6 Å². The molecule has 34 heavy (non-hydrogen) atoms. The van der Waals surface area contributed by atoms with Gasteiger partial charge in [-0.15, -0.1) is 0 Å². The van der Waals surface area contributed by atoms with Gasteiger partial charge in [0.1, 0.15) is 12.6 Å². The number of sulfonamides is 1. The monoisotopic (exact) mass is 507 g/mol. The maximum absolute atomic E-state index is 13.6. The normalized spacial score (nSPS) is 12.7. The third-order valence-corrected chi connectivity index (χ3v) is 6.75. The maximum Gasteiger partial charge on any atom is 0.244 e. The summed E-state index contributed by atoms with van der Waals surface area (Å²) in [5.74, 6) is -0.816. The summed E-state index contributed by atoms with van der Waals surface area (Å²) in [5.41, 5.74) is 2.34. The van der Waals surface area contributed by atoms with Gasteiger partial charge in [0.25, 0.3) is 0 Å². The largest absolute Gasteiger partial charge is 0.350 e. The molecule has 0 saturated carbocycles. The summed E-state index contributed by atoms with van der Waals surface area (Å²) in [6.07, 6.45) is 1.04. The number of halogens is 1. The quantitative estimate of drug-likeness (QED) is 0.583. The van der Waals surface area contributed by atoms with Gasteiger partial charge in [-0.1, -0.05) is 41.9 Å². The van der Waals surface area contributed by atoms with E-state index in [1.54, 1.807) is 26.0 Å². The molecule has 0 spiro atoms. The van der Waals surface area contributed by atoms with E-state index < -0.39 is 34.1 Å². The van der Waals surface area contributed by atoms with Crippen molar-refractivity contribution in [3.05, 3.63) is 64.2 Å². The second-order valence-electron chi connectivity index (χ2n) is 9.56. The van der Waals surface area contributed by atoms with E-state index >= 15 is 0 Å². The summed E-state index contributed by atoms with van der Waals surface area (Å²) in [6, 6.07) is 11.6. The van der Waals surface area contributed by atoms with E-state index in [2.05, 4.69) is 5.32 Å². The second-order valence-corrected chi connectivity index (χ2v) is 11.9. The topological polar surface area (TPSA) is 86.8 Å². The molecule has 0 bridgehead atoms. The van der Waals surface area contributed by atoms with E-state index in [1.165, 1.54) is 11.0 Å². The molecule has 0 unspecified atom stereocenters. The van der Waals surface area contributed by atoms with Crippen LogP contribution in [0.3, 0.4) is 0 Å². The molecule has 2 rings (SSSR count). The fourth-order valence-corrected chi connectivity index (χ4v) is 4.54. The number of hydrogen-bond donors (Lipinski definition) is 1. The van der Waals surface area contributed by atoms with Gasteiger partial charge >= 0.3 is 0 Å². The molecule has 7 nitrogen and oxygen atoms in total. The van der Waals surface area contributed by atoms with Crippen molar-refractivity contribution >= 4 is 39.1 Å². The van der Waals surface area contributed by atoms with Crippen molar-refractivity contribution in [2.75, 3.05) is 17.1 Å². The molecule has 2 aromatic rings. The van der Waals surface area contributed by atoms with Gasteiger partial charge in [0, 0.05) is 17.1 Å². The van der Waals surface area contributed by atoms with Crippen molar-refractivity contribution in [3.8, 4) is 0 Å². The number of aryl methyl sites for hydroxylation is 2. The minimum absolute atomic E-state index is 0.163. The highest BCUT2D eigenvalue weighted by Gasteiger charge is 2.32. The SMILES string of the molecule is Cc1ccccc1CN(C(=O)CN(c1cc(Cl)ccc1C)S(C)(=O)=O)[C@H](C)C(=O)NC(C)(C)C. The Morgan fingerprint density at radius 3 is 2.24 bits per heavy atom. The van der Waals surface area contributed by atoms with Crippen LogP contribution in [0.1, 0.15) is 44.4 Å². The molecule has 9 heteroatoms. The number of anilines is 1. The van der Waals surface area contributed by atoms with Gasteiger partial charge in [-0.25, -0.2) is 8.42 Å². The first kappa shape index (κ1) is 27.7. The molecule has 0 heterocycles. The van der Waals surface area contributed by atoms with Crippen molar-refractivity contribution in [3.63, 3.8) is 0 Å². The average molecular weight is 508 g/mol. The van der Waals surface area contributed by atoms with E-state index in [1.807, 2.05) is 52.0 Å². The highest BCUT2D eigenvalue weighted by Crippen LogP contribution is 2.27. The smallest absolute Gasteiger partial charge is 0.244 e. The first-order chi connectivity index (χ1) is 15.6. The third-order valence-electron chi connectivity index (χ3n) is 5.39. The Balaban J connectivity index is 2.47. The van der Waals surface area contributed by atoms with Crippen LogP contribution in [0.5, 0.6) is 0 Å². The van der Waals surface area contributed by atoms with Crippen molar-refractivity contribution in [2.24, 2.45) is 0 Å². The fraction of sp³-hybridized carbons (Fsp3) is 0.440. The Kier molecular flexibility index (Phi) is 8.77. The molecule has 0 aliphatic heterocycles. The fourth-order valence-electron chi connectivity index (χ4n) is 3.47. The molecular weight excluding hydrogens is 474 g/mol. The zero-order chi connectivity index (χ0) is 25.8. The summed E-state index contributed by atoms with van der Waals surface area (Å²) >= 11 is 6.12. The molecule has 0 aliphatic rings.